The lowest BCUT2D eigenvalue weighted by Crippen LogP contribution is -2.12. The minimum atomic E-state index is -0.114. The molecular weight excluding hydrogens is 238 g/mol. The zero-order chi connectivity index (χ0) is 13.2. The summed E-state index contributed by atoms with van der Waals surface area (Å²) in [4.78, 5) is 4.17. The Hall–Kier alpha value is -1.81. The molecule has 1 aromatic carbocycles. The number of nitrogens with two attached hydrogens (primary N) is 1. The number of pyridine rings is 1. The Morgan fingerprint density at radius 1 is 1.26 bits per heavy atom. The van der Waals surface area contributed by atoms with Crippen molar-refractivity contribution in [3.8, 4) is 0 Å². The van der Waals surface area contributed by atoms with E-state index in [0.29, 0.717) is 5.92 Å². The molecular formula is C15H19N3O. The monoisotopic (exact) mass is 257 g/mol. The van der Waals surface area contributed by atoms with Crippen molar-refractivity contribution in [2.24, 2.45) is 5.92 Å². The van der Waals surface area contributed by atoms with Crippen LogP contribution in [-0.2, 0) is 0 Å². The number of nitrogens with one attached hydrogen (secondary N) is 1. The lowest BCUT2D eigenvalue weighted by molar-refractivity contribution is 0.178. The van der Waals surface area contributed by atoms with Crippen LogP contribution in [0, 0.1) is 5.92 Å². The second-order valence-electron chi connectivity index (χ2n) is 5.34. The second kappa shape index (κ2) is 5.05. The van der Waals surface area contributed by atoms with Gasteiger partial charge >= 0.3 is 0 Å². The van der Waals surface area contributed by atoms with Crippen LogP contribution in [0.2, 0.25) is 0 Å². The number of aliphatic hydroxyl groups is 1. The number of aromatic nitrogens is 1. The van der Waals surface area contributed by atoms with Crippen LogP contribution in [0.25, 0.3) is 10.8 Å². The first-order chi connectivity index (χ1) is 9.24. The SMILES string of the molecule is Nc1ccc(NCC2CCC(O)C2)c2cnccc12. The number of nitrogen functional groups attached to an aromatic ring is 1. The van der Waals surface area contributed by atoms with Gasteiger partial charge in [0.15, 0.2) is 0 Å². The van der Waals surface area contributed by atoms with Crippen LogP contribution in [0.3, 0.4) is 0 Å². The molecule has 1 aliphatic rings. The fraction of sp³-hybridized carbons (Fsp3) is 0.400. The lowest BCUT2D eigenvalue weighted by Gasteiger charge is -2.14. The van der Waals surface area contributed by atoms with Crippen LogP contribution in [0.15, 0.2) is 30.6 Å². The van der Waals surface area contributed by atoms with Gasteiger partial charge in [-0.15, -0.1) is 0 Å². The number of hydrogen-bond donors (Lipinski definition) is 3. The van der Waals surface area contributed by atoms with Crippen molar-refractivity contribution in [3.63, 3.8) is 0 Å². The number of nitrogens with zero attached hydrogens (tertiary/aromatic N) is 1. The molecule has 19 heavy (non-hydrogen) atoms. The van der Waals surface area contributed by atoms with Crippen LogP contribution in [0.1, 0.15) is 19.3 Å². The Bertz CT molecular complexity index is 585. The third-order valence-corrected chi connectivity index (χ3v) is 3.95. The van der Waals surface area contributed by atoms with E-state index in [1.165, 1.54) is 0 Å². The van der Waals surface area contributed by atoms with Gasteiger partial charge in [0.2, 0.25) is 0 Å². The first-order valence-corrected chi connectivity index (χ1v) is 6.78. The molecule has 0 spiro atoms. The van der Waals surface area contributed by atoms with Gasteiger partial charge in [0.25, 0.3) is 0 Å². The summed E-state index contributed by atoms with van der Waals surface area (Å²) in [5.74, 6) is 0.555. The summed E-state index contributed by atoms with van der Waals surface area (Å²) < 4.78 is 0. The van der Waals surface area contributed by atoms with E-state index < -0.39 is 0 Å². The number of benzene rings is 1. The molecule has 4 nitrogen and oxygen atoms in total. The smallest absolute Gasteiger partial charge is 0.0543 e. The van der Waals surface area contributed by atoms with Gasteiger partial charge in [-0.25, -0.2) is 0 Å². The molecule has 1 aromatic heterocycles. The largest absolute Gasteiger partial charge is 0.398 e. The van der Waals surface area contributed by atoms with E-state index in [2.05, 4.69) is 10.3 Å². The molecule has 1 heterocycles. The maximum atomic E-state index is 9.55. The highest BCUT2D eigenvalue weighted by atomic mass is 16.3. The van der Waals surface area contributed by atoms with Crippen LogP contribution >= 0.6 is 0 Å². The molecule has 4 heteroatoms. The van der Waals surface area contributed by atoms with Crippen molar-refractivity contribution in [2.75, 3.05) is 17.6 Å². The standard InChI is InChI=1S/C15H19N3O/c16-14-3-4-15(13-9-17-6-5-12(13)14)18-8-10-1-2-11(19)7-10/h3-6,9-11,18-19H,1-2,7-8,16H2. The van der Waals surface area contributed by atoms with E-state index in [1.807, 2.05) is 24.4 Å². The van der Waals surface area contributed by atoms with Crippen LogP contribution in [-0.4, -0.2) is 22.7 Å². The Balaban J connectivity index is 1.79. The van der Waals surface area contributed by atoms with Crippen molar-refractivity contribution in [2.45, 2.75) is 25.4 Å². The van der Waals surface area contributed by atoms with Crippen molar-refractivity contribution in [1.82, 2.24) is 4.98 Å². The van der Waals surface area contributed by atoms with E-state index in [-0.39, 0.29) is 6.10 Å². The second-order valence-corrected chi connectivity index (χ2v) is 5.34. The molecule has 1 saturated carbocycles. The van der Waals surface area contributed by atoms with Gasteiger partial charge in [-0.1, -0.05) is 0 Å². The Labute approximate surface area is 112 Å². The topological polar surface area (TPSA) is 71.2 Å². The molecule has 0 radical (unpaired) electrons. The Morgan fingerprint density at radius 2 is 2.16 bits per heavy atom. The Morgan fingerprint density at radius 3 is 2.95 bits per heavy atom. The van der Waals surface area contributed by atoms with Gasteiger partial charge in [-0.3, -0.25) is 4.98 Å². The number of anilines is 2. The minimum absolute atomic E-state index is 0.114. The van der Waals surface area contributed by atoms with Gasteiger partial charge in [-0.2, -0.15) is 0 Å². The number of hydrogen-bond acceptors (Lipinski definition) is 4. The summed E-state index contributed by atoms with van der Waals surface area (Å²) >= 11 is 0. The maximum absolute atomic E-state index is 9.55. The number of rotatable bonds is 3. The molecule has 100 valence electrons. The molecule has 0 saturated heterocycles. The molecule has 0 bridgehead atoms. The first kappa shape index (κ1) is 12.2. The third kappa shape index (κ3) is 2.49. The molecule has 4 N–H and O–H groups in total. The van der Waals surface area contributed by atoms with Crippen LogP contribution in [0.5, 0.6) is 0 Å². The van der Waals surface area contributed by atoms with E-state index in [4.69, 9.17) is 5.73 Å². The van der Waals surface area contributed by atoms with Gasteiger partial charge in [0.05, 0.1) is 6.10 Å². The lowest BCUT2D eigenvalue weighted by atomic mass is 10.1. The summed E-state index contributed by atoms with van der Waals surface area (Å²) in [5, 5.41) is 15.1. The molecule has 0 amide bonds. The molecule has 2 aromatic rings. The maximum Gasteiger partial charge on any atom is 0.0543 e. The summed E-state index contributed by atoms with van der Waals surface area (Å²) in [5.41, 5.74) is 7.82. The highest BCUT2D eigenvalue weighted by molar-refractivity contribution is 6.00. The Kier molecular flexibility index (Phi) is 3.25. The minimum Gasteiger partial charge on any atom is -0.398 e. The van der Waals surface area contributed by atoms with Crippen molar-refractivity contribution in [3.05, 3.63) is 30.6 Å². The number of fused-ring (bicyclic) bond motifs is 1. The van der Waals surface area contributed by atoms with Crippen LogP contribution in [0.4, 0.5) is 11.4 Å². The predicted octanol–water partition coefficient (Wildman–Crippen LogP) is 2.39. The molecule has 1 aliphatic carbocycles. The van der Waals surface area contributed by atoms with Gasteiger partial charge in [-0.05, 0) is 43.4 Å². The van der Waals surface area contributed by atoms with E-state index >= 15 is 0 Å². The fourth-order valence-corrected chi connectivity index (χ4v) is 2.86. The van der Waals surface area contributed by atoms with Crippen LogP contribution < -0.4 is 11.1 Å². The molecule has 3 rings (SSSR count). The first-order valence-electron chi connectivity index (χ1n) is 6.78. The fourth-order valence-electron chi connectivity index (χ4n) is 2.86. The third-order valence-electron chi connectivity index (χ3n) is 3.95. The van der Waals surface area contributed by atoms with E-state index in [9.17, 15) is 5.11 Å². The zero-order valence-corrected chi connectivity index (χ0v) is 10.8. The highest BCUT2D eigenvalue weighted by Gasteiger charge is 2.22. The van der Waals surface area contributed by atoms with Crippen molar-refractivity contribution in [1.29, 1.82) is 0 Å². The normalized spacial score (nSPS) is 22.8. The summed E-state index contributed by atoms with van der Waals surface area (Å²) in [6.07, 6.45) is 6.41. The summed E-state index contributed by atoms with van der Waals surface area (Å²) in [6, 6.07) is 5.87. The zero-order valence-electron chi connectivity index (χ0n) is 10.8. The van der Waals surface area contributed by atoms with E-state index in [0.717, 1.165) is 48.0 Å². The van der Waals surface area contributed by atoms with Gasteiger partial charge in [0, 0.05) is 41.1 Å². The average Bonchev–Trinajstić information content (AvgIpc) is 2.84. The summed E-state index contributed by atoms with van der Waals surface area (Å²) in [7, 11) is 0. The molecule has 0 aliphatic heterocycles. The molecule has 2 atom stereocenters. The summed E-state index contributed by atoms with van der Waals surface area (Å²) in [6.45, 7) is 0.894. The van der Waals surface area contributed by atoms with E-state index in [1.54, 1.807) is 6.20 Å². The predicted molar refractivity (Wildman–Crippen MR) is 78.0 cm³/mol. The average molecular weight is 257 g/mol. The highest BCUT2D eigenvalue weighted by Crippen LogP contribution is 2.29. The quantitative estimate of drug-likeness (QED) is 0.738. The molecule has 2 unspecified atom stereocenters. The van der Waals surface area contributed by atoms with Crippen molar-refractivity contribution < 1.29 is 5.11 Å². The van der Waals surface area contributed by atoms with Gasteiger partial charge in [0.1, 0.15) is 0 Å². The molecule has 1 fully saturated rings. The number of aliphatic hydroxyl groups excluding tert-OH is 1. The van der Waals surface area contributed by atoms with Crippen molar-refractivity contribution >= 4 is 22.1 Å². The van der Waals surface area contributed by atoms with Gasteiger partial charge < -0.3 is 16.2 Å².